The molecule has 0 bridgehead atoms. The number of likely N-dealkylation sites (tertiary alicyclic amines) is 1. The van der Waals surface area contributed by atoms with Gasteiger partial charge in [-0.15, -0.1) is 0 Å². The molecule has 2 aromatic rings. The Morgan fingerprint density at radius 3 is 2.63 bits per heavy atom. The molecule has 0 atom stereocenters. The van der Waals surface area contributed by atoms with Crippen LogP contribution in [0.3, 0.4) is 0 Å². The number of nitrogens with one attached hydrogen (secondary N) is 1. The molecule has 0 aromatic heterocycles. The van der Waals surface area contributed by atoms with Gasteiger partial charge in [-0.2, -0.15) is 0 Å². The number of amides is 2. The number of hydrogen-bond donors (Lipinski definition) is 2. The molecule has 0 spiro atoms. The maximum atomic E-state index is 13.4. The third-order valence-electron chi connectivity index (χ3n) is 5.03. The highest BCUT2D eigenvalue weighted by Crippen LogP contribution is 2.20. The molecule has 0 saturated carbocycles. The molecule has 2 amide bonds. The van der Waals surface area contributed by atoms with Crippen LogP contribution in [0.4, 0.5) is 10.1 Å². The van der Waals surface area contributed by atoms with E-state index >= 15 is 0 Å². The van der Waals surface area contributed by atoms with E-state index in [9.17, 15) is 14.0 Å². The van der Waals surface area contributed by atoms with Gasteiger partial charge in [0, 0.05) is 23.7 Å². The Balaban J connectivity index is 1.63. The summed E-state index contributed by atoms with van der Waals surface area (Å²) in [7, 11) is 0. The van der Waals surface area contributed by atoms with E-state index in [1.807, 2.05) is 24.3 Å². The fourth-order valence-corrected chi connectivity index (χ4v) is 3.42. The maximum absolute atomic E-state index is 13.4. The largest absolute Gasteiger partial charge is 0.369 e. The summed E-state index contributed by atoms with van der Waals surface area (Å²) in [5, 5.41) is 2.84. The number of carbonyl (C=O) groups is 2. The first kappa shape index (κ1) is 19.0. The molecule has 5 nitrogen and oxygen atoms in total. The molecule has 0 radical (unpaired) electrons. The minimum absolute atomic E-state index is 0.0265. The lowest BCUT2D eigenvalue weighted by molar-refractivity contribution is -0.123. The van der Waals surface area contributed by atoms with Gasteiger partial charge in [0.2, 0.25) is 5.91 Å². The smallest absolute Gasteiger partial charge is 0.256 e. The number of hydrogen-bond acceptors (Lipinski definition) is 3. The summed E-state index contributed by atoms with van der Waals surface area (Å²) in [6.07, 6.45) is 1.56. The molecule has 1 heterocycles. The molecule has 2 aromatic carbocycles. The molecule has 1 saturated heterocycles. The summed E-state index contributed by atoms with van der Waals surface area (Å²) in [5.41, 5.74) is 8.18. The Morgan fingerprint density at radius 2 is 1.93 bits per heavy atom. The highest BCUT2D eigenvalue weighted by Gasteiger charge is 2.23. The van der Waals surface area contributed by atoms with Gasteiger partial charge < -0.3 is 11.1 Å². The van der Waals surface area contributed by atoms with Gasteiger partial charge in [-0.05, 0) is 68.2 Å². The van der Waals surface area contributed by atoms with Crippen LogP contribution in [0.25, 0.3) is 0 Å². The molecule has 3 N–H and O–H groups in total. The van der Waals surface area contributed by atoms with E-state index in [0.29, 0.717) is 11.3 Å². The Bertz CT molecular complexity index is 845. The van der Waals surface area contributed by atoms with Gasteiger partial charge in [-0.3, -0.25) is 14.5 Å². The molecule has 1 aliphatic heterocycles. The predicted octanol–water partition coefficient (Wildman–Crippen LogP) is 3.08. The first-order valence-electron chi connectivity index (χ1n) is 9.10. The van der Waals surface area contributed by atoms with Crippen molar-refractivity contribution in [2.75, 3.05) is 18.4 Å². The monoisotopic (exact) mass is 369 g/mol. The summed E-state index contributed by atoms with van der Waals surface area (Å²) < 4.78 is 13.4. The van der Waals surface area contributed by atoms with Crippen molar-refractivity contribution in [3.63, 3.8) is 0 Å². The zero-order valence-corrected chi connectivity index (χ0v) is 15.4. The van der Waals surface area contributed by atoms with Gasteiger partial charge in [-0.1, -0.05) is 18.2 Å². The number of halogens is 1. The minimum Gasteiger partial charge on any atom is -0.369 e. The average Bonchev–Trinajstić information content (AvgIpc) is 2.64. The first-order chi connectivity index (χ1) is 12.9. The molecule has 0 unspecified atom stereocenters. The maximum Gasteiger partial charge on any atom is 0.256 e. The van der Waals surface area contributed by atoms with E-state index in [0.717, 1.165) is 43.6 Å². The van der Waals surface area contributed by atoms with E-state index in [2.05, 4.69) is 10.2 Å². The minimum atomic E-state index is -0.432. The first-order valence-corrected chi connectivity index (χ1v) is 9.10. The SMILES string of the molecule is Cc1ccc(F)cc1C(=O)Nc1cccc(CN2CCC(C(N)=O)CC2)c1. The van der Waals surface area contributed by atoms with Crippen LogP contribution in [-0.2, 0) is 11.3 Å². The van der Waals surface area contributed by atoms with Crippen molar-refractivity contribution in [1.29, 1.82) is 0 Å². The third kappa shape index (κ3) is 4.92. The second-order valence-electron chi connectivity index (χ2n) is 7.07. The second kappa shape index (κ2) is 8.31. The van der Waals surface area contributed by atoms with Gasteiger partial charge in [0.1, 0.15) is 5.82 Å². The van der Waals surface area contributed by atoms with Crippen molar-refractivity contribution in [2.24, 2.45) is 11.7 Å². The number of nitrogens with zero attached hydrogens (tertiary/aromatic N) is 1. The molecule has 1 fully saturated rings. The summed E-state index contributed by atoms with van der Waals surface area (Å²) in [6, 6.07) is 11.8. The van der Waals surface area contributed by atoms with Gasteiger partial charge >= 0.3 is 0 Å². The molecule has 142 valence electrons. The molecule has 6 heteroatoms. The Kier molecular flexibility index (Phi) is 5.86. The van der Waals surface area contributed by atoms with Crippen LogP contribution in [0.15, 0.2) is 42.5 Å². The van der Waals surface area contributed by atoms with Crippen molar-refractivity contribution in [2.45, 2.75) is 26.3 Å². The van der Waals surface area contributed by atoms with Crippen molar-refractivity contribution in [3.8, 4) is 0 Å². The normalized spacial score (nSPS) is 15.5. The number of nitrogens with two attached hydrogens (primary N) is 1. The van der Waals surface area contributed by atoms with Gasteiger partial charge in [0.15, 0.2) is 0 Å². The number of carbonyl (C=O) groups excluding carboxylic acids is 2. The highest BCUT2D eigenvalue weighted by molar-refractivity contribution is 6.05. The van der Waals surface area contributed by atoms with Crippen LogP contribution in [-0.4, -0.2) is 29.8 Å². The van der Waals surface area contributed by atoms with Crippen molar-refractivity contribution in [3.05, 3.63) is 65.0 Å². The Hall–Kier alpha value is -2.73. The fraction of sp³-hybridized carbons (Fsp3) is 0.333. The predicted molar refractivity (Wildman–Crippen MR) is 103 cm³/mol. The van der Waals surface area contributed by atoms with Crippen LogP contribution in [0.5, 0.6) is 0 Å². The number of benzene rings is 2. The Morgan fingerprint density at radius 1 is 1.19 bits per heavy atom. The van der Waals surface area contributed by atoms with E-state index in [1.165, 1.54) is 12.1 Å². The van der Waals surface area contributed by atoms with E-state index in [-0.39, 0.29) is 17.7 Å². The van der Waals surface area contributed by atoms with E-state index in [1.54, 1.807) is 13.0 Å². The summed E-state index contributed by atoms with van der Waals surface area (Å²) in [6.45, 7) is 4.17. The lowest BCUT2D eigenvalue weighted by Gasteiger charge is -2.30. The number of primary amides is 1. The molecular formula is C21H24FN3O2. The number of anilines is 1. The molecule has 1 aliphatic rings. The summed E-state index contributed by atoms with van der Waals surface area (Å²) >= 11 is 0. The van der Waals surface area contributed by atoms with Crippen molar-refractivity contribution >= 4 is 17.5 Å². The third-order valence-corrected chi connectivity index (χ3v) is 5.03. The molecule has 3 rings (SSSR count). The number of piperidine rings is 1. The van der Waals surface area contributed by atoms with E-state index < -0.39 is 5.82 Å². The highest BCUT2D eigenvalue weighted by atomic mass is 19.1. The number of rotatable bonds is 5. The molecule has 0 aliphatic carbocycles. The fourth-order valence-electron chi connectivity index (χ4n) is 3.42. The summed E-state index contributed by atoms with van der Waals surface area (Å²) in [4.78, 5) is 26.0. The standard InChI is InChI=1S/C21H24FN3O2/c1-14-5-6-17(22)12-19(14)21(27)24-18-4-2-3-15(11-18)13-25-9-7-16(8-10-25)20(23)26/h2-6,11-12,16H,7-10,13H2,1H3,(H2,23,26)(H,24,27). The van der Waals surface area contributed by atoms with Gasteiger partial charge in [0.25, 0.3) is 5.91 Å². The van der Waals surface area contributed by atoms with Crippen LogP contribution < -0.4 is 11.1 Å². The van der Waals surface area contributed by atoms with Crippen LogP contribution >= 0.6 is 0 Å². The topological polar surface area (TPSA) is 75.4 Å². The van der Waals surface area contributed by atoms with Crippen LogP contribution in [0.1, 0.15) is 34.3 Å². The van der Waals surface area contributed by atoms with Gasteiger partial charge in [-0.25, -0.2) is 4.39 Å². The molecular weight excluding hydrogens is 345 g/mol. The van der Waals surface area contributed by atoms with E-state index in [4.69, 9.17) is 5.73 Å². The zero-order chi connectivity index (χ0) is 19.4. The van der Waals surface area contributed by atoms with Crippen molar-refractivity contribution in [1.82, 2.24) is 4.90 Å². The zero-order valence-electron chi connectivity index (χ0n) is 15.4. The van der Waals surface area contributed by atoms with Crippen LogP contribution in [0.2, 0.25) is 0 Å². The number of aryl methyl sites for hydroxylation is 1. The summed E-state index contributed by atoms with van der Waals surface area (Å²) in [5.74, 6) is -1.00. The lowest BCUT2D eigenvalue weighted by Crippen LogP contribution is -2.38. The lowest BCUT2D eigenvalue weighted by atomic mass is 9.96. The Labute approximate surface area is 158 Å². The van der Waals surface area contributed by atoms with Crippen molar-refractivity contribution < 1.29 is 14.0 Å². The quantitative estimate of drug-likeness (QED) is 0.850. The van der Waals surface area contributed by atoms with Crippen LogP contribution in [0, 0.1) is 18.7 Å². The second-order valence-corrected chi connectivity index (χ2v) is 7.07. The average molecular weight is 369 g/mol. The molecule has 27 heavy (non-hydrogen) atoms. The van der Waals surface area contributed by atoms with Gasteiger partial charge in [0.05, 0.1) is 0 Å².